The van der Waals surface area contributed by atoms with E-state index in [0.29, 0.717) is 6.42 Å². The summed E-state index contributed by atoms with van der Waals surface area (Å²) in [6, 6.07) is 15.9. The molecule has 2 rings (SSSR count). The van der Waals surface area contributed by atoms with E-state index in [1.165, 1.54) is 11.4 Å². The summed E-state index contributed by atoms with van der Waals surface area (Å²) in [6.07, 6.45) is 2.69. The zero-order chi connectivity index (χ0) is 18.3. The fraction of sp³-hybridized carbons (Fsp3) is 0.278. The van der Waals surface area contributed by atoms with E-state index in [-0.39, 0.29) is 23.8 Å². The van der Waals surface area contributed by atoms with Crippen LogP contribution in [0.1, 0.15) is 12.8 Å². The lowest BCUT2D eigenvalue weighted by Crippen LogP contribution is -2.28. The van der Waals surface area contributed by atoms with Gasteiger partial charge in [0.2, 0.25) is 15.9 Å². The van der Waals surface area contributed by atoms with E-state index in [4.69, 9.17) is 0 Å². The molecule has 2 aromatic carbocycles. The zero-order valence-corrected chi connectivity index (χ0v) is 15.9. The molecule has 1 amide bonds. The Labute approximate surface area is 153 Å². The average molecular weight is 379 g/mol. The first-order chi connectivity index (χ1) is 11.9. The fourth-order valence-corrected chi connectivity index (χ4v) is 3.97. The number of nitrogens with one attached hydrogen (secondary N) is 1. The Balaban J connectivity index is 1.84. The molecule has 0 spiro atoms. The van der Waals surface area contributed by atoms with Crippen LogP contribution in [0.4, 0.5) is 5.69 Å². The molecule has 0 saturated carbocycles. The number of anilines is 1. The molecular weight excluding hydrogens is 356 g/mol. The number of amides is 1. The Morgan fingerprint density at radius 2 is 1.84 bits per heavy atom. The van der Waals surface area contributed by atoms with Crippen LogP contribution in [0.15, 0.2) is 64.4 Å². The third-order valence-corrected chi connectivity index (χ3v) is 6.28. The largest absolute Gasteiger partial charge is 0.326 e. The van der Waals surface area contributed by atoms with Crippen molar-refractivity contribution >= 4 is 33.4 Å². The molecule has 25 heavy (non-hydrogen) atoms. The van der Waals surface area contributed by atoms with Crippen molar-refractivity contribution in [3.63, 3.8) is 0 Å². The van der Waals surface area contributed by atoms with Crippen molar-refractivity contribution in [1.29, 1.82) is 0 Å². The van der Waals surface area contributed by atoms with Gasteiger partial charge in [-0.2, -0.15) is 0 Å². The van der Waals surface area contributed by atoms with E-state index in [1.54, 1.807) is 42.1 Å². The molecule has 1 N–H and O–H groups in total. The molecule has 0 aromatic heterocycles. The van der Waals surface area contributed by atoms with Gasteiger partial charge in [0.15, 0.2) is 0 Å². The molecule has 0 aliphatic rings. The molecule has 0 bridgehead atoms. The minimum atomic E-state index is -3.51. The Kier molecular flexibility index (Phi) is 7.04. The molecule has 0 aliphatic heterocycles. The lowest BCUT2D eigenvalue weighted by Gasteiger charge is -2.17. The standard InChI is InChI=1S/C18H22N2O3S2/c1-20(25(22,23)17-10-4-3-5-11-17)13-7-12-18(21)19-15-8-6-9-16(14-15)24-2/h3-6,8-11,14H,7,12-13H2,1-2H3,(H,19,21). The Bertz CT molecular complexity index is 808. The number of carbonyl (C=O) groups is 1. The van der Waals surface area contributed by atoms with Crippen LogP contribution in [-0.4, -0.2) is 38.5 Å². The van der Waals surface area contributed by atoms with Gasteiger partial charge in [-0.1, -0.05) is 24.3 Å². The molecule has 0 saturated heterocycles. The molecule has 2 aromatic rings. The lowest BCUT2D eigenvalue weighted by molar-refractivity contribution is -0.116. The van der Waals surface area contributed by atoms with Gasteiger partial charge in [0.05, 0.1) is 4.90 Å². The zero-order valence-electron chi connectivity index (χ0n) is 14.3. The molecule has 7 heteroatoms. The summed E-state index contributed by atoms with van der Waals surface area (Å²) in [5.41, 5.74) is 0.752. The van der Waals surface area contributed by atoms with E-state index in [0.717, 1.165) is 10.6 Å². The van der Waals surface area contributed by atoms with Crippen molar-refractivity contribution < 1.29 is 13.2 Å². The second-order valence-electron chi connectivity index (χ2n) is 5.52. The van der Waals surface area contributed by atoms with E-state index in [9.17, 15) is 13.2 Å². The topological polar surface area (TPSA) is 66.5 Å². The summed E-state index contributed by atoms with van der Waals surface area (Å²) < 4.78 is 26.1. The van der Waals surface area contributed by atoms with Crippen molar-refractivity contribution in [2.24, 2.45) is 0 Å². The first-order valence-electron chi connectivity index (χ1n) is 7.89. The van der Waals surface area contributed by atoms with Crippen LogP contribution in [-0.2, 0) is 14.8 Å². The van der Waals surface area contributed by atoms with Gasteiger partial charge in [-0.05, 0) is 43.0 Å². The fourth-order valence-electron chi connectivity index (χ4n) is 2.28. The summed E-state index contributed by atoms with van der Waals surface area (Å²) >= 11 is 1.61. The monoisotopic (exact) mass is 378 g/mol. The van der Waals surface area contributed by atoms with E-state index in [1.807, 2.05) is 30.5 Å². The van der Waals surface area contributed by atoms with Crippen molar-refractivity contribution in [1.82, 2.24) is 4.31 Å². The van der Waals surface area contributed by atoms with Crippen LogP contribution in [0.2, 0.25) is 0 Å². The maximum Gasteiger partial charge on any atom is 0.242 e. The minimum absolute atomic E-state index is 0.122. The van der Waals surface area contributed by atoms with Crippen molar-refractivity contribution in [3.8, 4) is 0 Å². The van der Waals surface area contributed by atoms with Crippen LogP contribution in [0.3, 0.4) is 0 Å². The summed E-state index contributed by atoms with van der Waals surface area (Å²) in [4.78, 5) is 13.4. The molecule has 0 unspecified atom stereocenters. The third kappa shape index (κ3) is 5.59. The van der Waals surface area contributed by atoms with E-state index >= 15 is 0 Å². The molecule has 5 nitrogen and oxygen atoms in total. The van der Waals surface area contributed by atoms with Gasteiger partial charge in [0.1, 0.15) is 0 Å². The molecule has 0 radical (unpaired) electrons. The predicted molar refractivity (Wildman–Crippen MR) is 102 cm³/mol. The number of carbonyl (C=O) groups excluding carboxylic acids is 1. The van der Waals surface area contributed by atoms with Gasteiger partial charge in [0.25, 0.3) is 0 Å². The normalized spacial score (nSPS) is 11.5. The van der Waals surface area contributed by atoms with Crippen LogP contribution >= 0.6 is 11.8 Å². The summed E-state index contributed by atoms with van der Waals surface area (Å²) in [5.74, 6) is -0.122. The highest BCUT2D eigenvalue weighted by molar-refractivity contribution is 7.98. The highest BCUT2D eigenvalue weighted by Crippen LogP contribution is 2.19. The second kappa shape index (κ2) is 9.03. The molecule has 0 aliphatic carbocycles. The maximum absolute atomic E-state index is 12.4. The molecular formula is C18H22N2O3S2. The van der Waals surface area contributed by atoms with Crippen molar-refractivity contribution in [2.75, 3.05) is 25.2 Å². The number of thioether (sulfide) groups is 1. The van der Waals surface area contributed by atoms with Gasteiger partial charge < -0.3 is 5.32 Å². The molecule has 0 atom stereocenters. The Morgan fingerprint density at radius 1 is 1.12 bits per heavy atom. The molecule has 0 heterocycles. The number of hydrogen-bond acceptors (Lipinski definition) is 4. The summed E-state index contributed by atoms with van der Waals surface area (Å²) in [7, 11) is -1.98. The van der Waals surface area contributed by atoms with Gasteiger partial charge >= 0.3 is 0 Å². The second-order valence-corrected chi connectivity index (χ2v) is 8.45. The van der Waals surface area contributed by atoms with Crippen LogP contribution < -0.4 is 5.32 Å². The SMILES string of the molecule is CSc1cccc(NC(=O)CCCN(C)S(=O)(=O)c2ccccc2)c1. The Morgan fingerprint density at radius 3 is 2.52 bits per heavy atom. The van der Waals surface area contributed by atoms with Gasteiger partial charge in [-0.25, -0.2) is 12.7 Å². The van der Waals surface area contributed by atoms with E-state index in [2.05, 4.69) is 5.32 Å². The highest BCUT2D eigenvalue weighted by atomic mass is 32.2. The number of sulfonamides is 1. The smallest absolute Gasteiger partial charge is 0.242 e. The minimum Gasteiger partial charge on any atom is -0.326 e. The number of benzene rings is 2. The predicted octanol–water partition coefficient (Wildman–Crippen LogP) is 3.45. The van der Waals surface area contributed by atoms with Crippen molar-refractivity contribution in [3.05, 3.63) is 54.6 Å². The Hall–Kier alpha value is -1.83. The number of hydrogen-bond donors (Lipinski definition) is 1. The molecule has 0 fully saturated rings. The van der Waals surface area contributed by atoms with Crippen molar-refractivity contribution in [2.45, 2.75) is 22.6 Å². The van der Waals surface area contributed by atoms with Gasteiger partial charge in [-0.15, -0.1) is 11.8 Å². The maximum atomic E-state index is 12.4. The third-order valence-electron chi connectivity index (χ3n) is 3.68. The lowest BCUT2D eigenvalue weighted by atomic mass is 10.2. The summed E-state index contributed by atoms with van der Waals surface area (Å²) in [5, 5.41) is 2.84. The first-order valence-corrected chi connectivity index (χ1v) is 10.6. The van der Waals surface area contributed by atoms with Gasteiger partial charge in [-0.3, -0.25) is 4.79 Å². The van der Waals surface area contributed by atoms with Crippen LogP contribution in [0.5, 0.6) is 0 Å². The first kappa shape index (κ1) is 19.5. The summed E-state index contributed by atoms with van der Waals surface area (Å²) in [6.45, 7) is 0.287. The van der Waals surface area contributed by atoms with Crippen LogP contribution in [0.25, 0.3) is 0 Å². The number of nitrogens with zero attached hydrogens (tertiary/aromatic N) is 1. The van der Waals surface area contributed by atoms with Gasteiger partial charge in [0, 0.05) is 30.6 Å². The van der Waals surface area contributed by atoms with E-state index < -0.39 is 10.0 Å². The van der Waals surface area contributed by atoms with Crippen LogP contribution in [0, 0.1) is 0 Å². The molecule has 134 valence electrons. The quantitative estimate of drug-likeness (QED) is 0.715. The number of rotatable bonds is 8. The highest BCUT2D eigenvalue weighted by Gasteiger charge is 2.20. The average Bonchev–Trinajstić information content (AvgIpc) is 2.62.